The van der Waals surface area contributed by atoms with Gasteiger partial charge in [0.1, 0.15) is 5.75 Å². The Labute approximate surface area is 163 Å². The first-order chi connectivity index (χ1) is 11.4. The number of rotatable bonds is 8. The summed E-state index contributed by atoms with van der Waals surface area (Å²) >= 11 is 0. The lowest BCUT2D eigenvalue weighted by molar-refractivity contribution is -0.138. The Kier molecular flexibility index (Phi) is 11.6. The number of methoxy groups -OCH3 is 1. The van der Waals surface area contributed by atoms with Crippen molar-refractivity contribution in [3.05, 3.63) is 29.3 Å². The second-order valence-electron chi connectivity index (χ2n) is 4.92. The Morgan fingerprint density at radius 1 is 1.24 bits per heavy atom. The van der Waals surface area contributed by atoms with Crippen molar-refractivity contribution in [1.29, 1.82) is 0 Å². The highest BCUT2D eigenvalue weighted by atomic mass is 127. The van der Waals surface area contributed by atoms with Gasteiger partial charge in [0.2, 0.25) is 0 Å². The Hall–Kier alpha value is -1.23. The summed E-state index contributed by atoms with van der Waals surface area (Å²) in [7, 11) is 2.90. The lowest BCUT2D eigenvalue weighted by Crippen LogP contribution is -2.38. The van der Waals surface area contributed by atoms with Crippen LogP contribution >= 0.6 is 24.0 Å². The zero-order chi connectivity index (χ0) is 18.0. The standard InChI is InChI=1S/C16H24F3N3O2.HI/c1-4-24-9-5-8-21-15(20-2)22-11-12-6-7-13(23-3)10-14(12)16(17,18)19;/h6-7,10H,4-5,8-9,11H2,1-3H3,(H2,20,21,22);1H. The van der Waals surface area contributed by atoms with Crippen LogP contribution in [-0.4, -0.2) is 39.9 Å². The molecule has 0 fully saturated rings. The van der Waals surface area contributed by atoms with Crippen LogP contribution in [0.15, 0.2) is 23.2 Å². The Morgan fingerprint density at radius 2 is 1.96 bits per heavy atom. The van der Waals surface area contributed by atoms with Gasteiger partial charge < -0.3 is 20.1 Å². The van der Waals surface area contributed by atoms with Gasteiger partial charge in [-0.15, -0.1) is 24.0 Å². The summed E-state index contributed by atoms with van der Waals surface area (Å²) in [5.74, 6) is 0.611. The lowest BCUT2D eigenvalue weighted by Gasteiger charge is -2.16. The fourth-order valence-corrected chi connectivity index (χ4v) is 2.03. The molecule has 0 spiro atoms. The normalized spacial score (nSPS) is 11.7. The third-order valence-electron chi connectivity index (χ3n) is 3.25. The molecular formula is C16H25F3IN3O2. The van der Waals surface area contributed by atoms with E-state index in [0.717, 1.165) is 12.5 Å². The number of aliphatic imine (C=N–C) groups is 1. The molecule has 1 rings (SSSR count). The van der Waals surface area contributed by atoms with Gasteiger partial charge in [0.05, 0.1) is 12.7 Å². The van der Waals surface area contributed by atoms with E-state index in [-0.39, 0.29) is 41.8 Å². The third kappa shape index (κ3) is 8.61. The van der Waals surface area contributed by atoms with Gasteiger partial charge in [0.25, 0.3) is 0 Å². The van der Waals surface area contributed by atoms with Gasteiger partial charge in [-0.2, -0.15) is 13.2 Å². The molecule has 0 atom stereocenters. The topological polar surface area (TPSA) is 54.9 Å². The number of nitrogens with zero attached hydrogens (tertiary/aromatic N) is 1. The minimum Gasteiger partial charge on any atom is -0.497 e. The van der Waals surface area contributed by atoms with Crippen molar-refractivity contribution >= 4 is 29.9 Å². The van der Waals surface area contributed by atoms with Crippen LogP contribution in [0.5, 0.6) is 5.75 Å². The molecule has 9 heteroatoms. The quantitative estimate of drug-likeness (QED) is 0.262. The summed E-state index contributed by atoms with van der Waals surface area (Å²) < 4.78 is 49.5. The number of nitrogens with one attached hydrogen (secondary N) is 2. The van der Waals surface area contributed by atoms with Gasteiger partial charge in [0.15, 0.2) is 5.96 Å². The number of alkyl halides is 3. The van der Waals surface area contributed by atoms with Crippen LogP contribution < -0.4 is 15.4 Å². The van der Waals surface area contributed by atoms with E-state index in [1.807, 2.05) is 6.92 Å². The molecule has 0 unspecified atom stereocenters. The Balaban J connectivity index is 0.00000576. The summed E-state index contributed by atoms with van der Waals surface area (Å²) in [5, 5.41) is 5.92. The second-order valence-corrected chi connectivity index (χ2v) is 4.92. The number of halogens is 4. The highest BCUT2D eigenvalue weighted by Gasteiger charge is 2.33. The van der Waals surface area contributed by atoms with Crippen molar-refractivity contribution in [3.8, 4) is 5.75 Å². The highest BCUT2D eigenvalue weighted by Crippen LogP contribution is 2.34. The van der Waals surface area contributed by atoms with Crippen molar-refractivity contribution in [2.24, 2.45) is 4.99 Å². The van der Waals surface area contributed by atoms with Gasteiger partial charge in [-0.1, -0.05) is 6.07 Å². The number of benzene rings is 1. The molecule has 1 aromatic rings. The Morgan fingerprint density at radius 3 is 2.52 bits per heavy atom. The van der Waals surface area contributed by atoms with E-state index in [9.17, 15) is 13.2 Å². The van der Waals surface area contributed by atoms with E-state index in [0.29, 0.717) is 25.7 Å². The van der Waals surface area contributed by atoms with Crippen LogP contribution in [-0.2, 0) is 17.5 Å². The van der Waals surface area contributed by atoms with Crippen molar-refractivity contribution < 1.29 is 22.6 Å². The van der Waals surface area contributed by atoms with Crippen molar-refractivity contribution in [2.45, 2.75) is 26.1 Å². The molecule has 0 radical (unpaired) electrons. The summed E-state index contributed by atoms with van der Waals surface area (Å²) in [4.78, 5) is 3.99. The van der Waals surface area contributed by atoms with Gasteiger partial charge in [-0.05, 0) is 31.0 Å². The molecule has 0 bridgehead atoms. The first-order valence-corrected chi connectivity index (χ1v) is 7.68. The molecule has 0 saturated carbocycles. The zero-order valence-electron chi connectivity index (χ0n) is 14.6. The number of hydrogen-bond acceptors (Lipinski definition) is 3. The van der Waals surface area contributed by atoms with Crippen LogP contribution in [0, 0.1) is 0 Å². The summed E-state index contributed by atoms with van der Waals surface area (Å²) in [6.45, 7) is 3.82. The van der Waals surface area contributed by atoms with E-state index in [1.54, 1.807) is 7.05 Å². The molecule has 0 aliphatic heterocycles. The molecule has 0 amide bonds. The lowest BCUT2D eigenvalue weighted by atomic mass is 10.1. The maximum atomic E-state index is 13.1. The molecule has 1 aromatic carbocycles. The second kappa shape index (κ2) is 12.2. The fraction of sp³-hybridized carbons (Fsp3) is 0.562. The van der Waals surface area contributed by atoms with E-state index in [1.165, 1.54) is 19.2 Å². The van der Waals surface area contributed by atoms with Crippen molar-refractivity contribution in [3.63, 3.8) is 0 Å². The van der Waals surface area contributed by atoms with Gasteiger partial charge in [-0.3, -0.25) is 4.99 Å². The largest absolute Gasteiger partial charge is 0.497 e. The fourth-order valence-electron chi connectivity index (χ4n) is 2.03. The first kappa shape index (κ1) is 23.8. The van der Waals surface area contributed by atoms with Crippen LogP contribution in [0.25, 0.3) is 0 Å². The molecule has 0 heterocycles. The van der Waals surface area contributed by atoms with E-state index in [2.05, 4.69) is 15.6 Å². The van der Waals surface area contributed by atoms with Gasteiger partial charge in [-0.25, -0.2) is 0 Å². The monoisotopic (exact) mass is 475 g/mol. The van der Waals surface area contributed by atoms with Crippen LogP contribution in [0.2, 0.25) is 0 Å². The minimum atomic E-state index is -4.44. The van der Waals surface area contributed by atoms with Crippen LogP contribution in [0.3, 0.4) is 0 Å². The van der Waals surface area contributed by atoms with Crippen molar-refractivity contribution in [2.75, 3.05) is 33.9 Å². The maximum Gasteiger partial charge on any atom is 0.416 e. The predicted octanol–water partition coefficient (Wildman–Crippen LogP) is 3.42. The molecule has 144 valence electrons. The molecule has 0 aromatic heterocycles. The molecule has 0 saturated heterocycles. The van der Waals surface area contributed by atoms with Gasteiger partial charge in [0, 0.05) is 33.4 Å². The number of ether oxygens (including phenoxy) is 2. The van der Waals surface area contributed by atoms with Crippen LogP contribution in [0.1, 0.15) is 24.5 Å². The Bertz CT molecular complexity index is 540. The smallest absolute Gasteiger partial charge is 0.416 e. The minimum absolute atomic E-state index is 0. The molecule has 2 N–H and O–H groups in total. The molecular weight excluding hydrogens is 450 g/mol. The first-order valence-electron chi connectivity index (χ1n) is 7.68. The molecule has 25 heavy (non-hydrogen) atoms. The predicted molar refractivity (Wildman–Crippen MR) is 103 cm³/mol. The maximum absolute atomic E-state index is 13.1. The highest BCUT2D eigenvalue weighted by molar-refractivity contribution is 14.0. The van der Waals surface area contributed by atoms with Gasteiger partial charge >= 0.3 is 6.18 Å². The van der Waals surface area contributed by atoms with E-state index in [4.69, 9.17) is 9.47 Å². The number of guanidine groups is 1. The number of hydrogen-bond donors (Lipinski definition) is 2. The summed E-state index contributed by atoms with van der Waals surface area (Å²) in [6, 6.07) is 3.90. The molecule has 0 aliphatic rings. The molecule has 0 aliphatic carbocycles. The van der Waals surface area contributed by atoms with Crippen LogP contribution in [0.4, 0.5) is 13.2 Å². The zero-order valence-corrected chi connectivity index (χ0v) is 16.9. The summed E-state index contributed by atoms with van der Waals surface area (Å²) in [5.41, 5.74) is -0.596. The SMILES string of the molecule is CCOCCCNC(=NC)NCc1ccc(OC)cc1C(F)(F)F.I. The van der Waals surface area contributed by atoms with E-state index < -0.39 is 11.7 Å². The third-order valence-corrected chi connectivity index (χ3v) is 3.25. The van der Waals surface area contributed by atoms with E-state index >= 15 is 0 Å². The molecule has 5 nitrogen and oxygen atoms in total. The summed E-state index contributed by atoms with van der Waals surface area (Å²) in [6.07, 6.45) is -3.66. The average Bonchev–Trinajstić information content (AvgIpc) is 2.56. The van der Waals surface area contributed by atoms with Crippen molar-refractivity contribution in [1.82, 2.24) is 10.6 Å². The average molecular weight is 475 g/mol.